The minimum absolute atomic E-state index is 0.136. The first-order chi connectivity index (χ1) is 13.2. The topological polar surface area (TPSA) is 64.9 Å². The van der Waals surface area contributed by atoms with Gasteiger partial charge >= 0.3 is 0 Å². The van der Waals surface area contributed by atoms with Crippen molar-refractivity contribution in [3.63, 3.8) is 0 Å². The lowest BCUT2D eigenvalue weighted by Gasteiger charge is -2.30. The summed E-state index contributed by atoms with van der Waals surface area (Å²) < 4.78 is 0. The van der Waals surface area contributed by atoms with E-state index >= 15 is 0 Å². The number of amides is 1. The number of hydrazone groups is 1. The molecule has 1 heterocycles. The van der Waals surface area contributed by atoms with Gasteiger partial charge in [0.25, 0.3) is 5.91 Å². The maximum absolute atomic E-state index is 12.3. The molecule has 0 unspecified atom stereocenters. The number of hydrogen-bond donors (Lipinski definition) is 2. The van der Waals surface area contributed by atoms with Gasteiger partial charge in [-0.1, -0.05) is 48.5 Å². The summed E-state index contributed by atoms with van der Waals surface area (Å²) in [7, 11) is 0. The molecular weight excluding hydrogens is 338 g/mol. The third-order valence-electron chi connectivity index (χ3n) is 4.87. The lowest BCUT2D eigenvalue weighted by atomic mass is 10.0. The molecule has 0 spiro atoms. The first-order valence-electron chi connectivity index (χ1n) is 9.08. The van der Waals surface area contributed by atoms with Crippen molar-refractivity contribution in [1.82, 2.24) is 5.43 Å². The van der Waals surface area contributed by atoms with E-state index < -0.39 is 0 Å². The van der Waals surface area contributed by atoms with Gasteiger partial charge in [-0.3, -0.25) is 4.79 Å². The average molecular weight is 359 g/mol. The van der Waals surface area contributed by atoms with E-state index in [9.17, 15) is 9.90 Å². The van der Waals surface area contributed by atoms with E-state index in [4.69, 9.17) is 0 Å². The smallest absolute Gasteiger partial charge is 0.259 e. The summed E-state index contributed by atoms with van der Waals surface area (Å²) in [4.78, 5) is 14.4. The summed E-state index contributed by atoms with van der Waals surface area (Å²) in [6.45, 7) is 1.12. The largest absolute Gasteiger partial charge is 0.507 e. The molecule has 3 aromatic carbocycles. The number of hydrogen-bond acceptors (Lipinski definition) is 4. The molecule has 136 valence electrons. The monoisotopic (exact) mass is 359 g/mol. The van der Waals surface area contributed by atoms with Crippen LogP contribution in [-0.2, 0) is 11.2 Å². The van der Waals surface area contributed by atoms with Crippen LogP contribution in [0.2, 0.25) is 0 Å². The van der Waals surface area contributed by atoms with Gasteiger partial charge in [0.15, 0.2) is 0 Å². The van der Waals surface area contributed by atoms with E-state index in [-0.39, 0.29) is 18.2 Å². The van der Waals surface area contributed by atoms with Crippen molar-refractivity contribution in [2.75, 3.05) is 18.0 Å². The Labute approximate surface area is 157 Å². The third-order valence-corrected chi connectivity index (χ3v) is 4.87. The molecule has 0 aromatic heterocycles. The average Bonchev–Trinajstić information content (AvgIpc) is 2.70. The fourth-order valence-corrected chi connectivity index (χ4v) is 3.57. The molecule has 0 fully saturated rings. The highest BCUT2D eigenvalue weighted by molar-refractivity contribution is 6.02. The van der Waals surface area contributed by atoms with Crippen molar-refractivity contribution in [3.05, 3.63) is 71.8 Å². The third kappa shape index (κ3) is 3.62. The second kappa shape index (κ2) is 7.50. The van der Waals surface area contributed by atoms with Crippen molar-refractivity contribution in [3.8, 4) is 5.75 Å². The predicted molar refractivity (Wildman–Crippen MR) is 108 cm³/mol. The molecule has 0 saturated heterocycles. The maximum atomic E-state index is 12.3. The molecule has 4 rings (SSSR count). The van der Waals surface area contributed by atoms with Crippen LogP contribution in [-0.4, -0.2) is 30.3 Å². The second-order valence-corrected chi connectivity index (χ2v) is 6.67. The van der Waals surface area contributed by atoms with Crippen LogP contribution < -0.4 is 10.3 Å². The number of benzene rings is 3. The van der Waals surface area contributed by atoms with Crippen LogP contribution in [0.15, 0.2) is 65.8 Å². The second-order valence-electron chi connectivity index (χ2n) is 6.67. The lowest BCUT2D eigenvalue weighted by molar-refractivity contribution is -0.119. The van der Waals surface area contributed by atoms with E-state index in [2.05, 4.69) is 27.6 Å². The lowest BCUT2D eigenvalue weighted by Crippen LogP contribution is -2.38. The Bertz CT molecular complexity index is 1010. The number of aromatic hydroxyl groups is 1. The molecule has 0 radical (unpaired) electrons. The van der Waals surface area contributed by atoms with Crippen LogP contribution >= 0.6 is 0 Å². The highest BCUT2D eigenvalue weighted by Gasteiger charge is 2.18. The Morgan fingerprint density at radius 1 is 1.11 bits per heavy atom. The highest BCUT2D eigenvalue weighted by atomic mass is 16.3. The standard InChI is InChI=1S/C22H21N3O2/c26-21-12-11-16-6-1-3-9-18(16)19(21)14-23-24-22(27)15-25-13-5-8-17-7-2-4-10-20(17)25/h1-4,6-7,9-12,14,26H,5,8,13,15H2,(H,24,27)/b23-14-. The number of phenols is 1. The number of fused-ring (bicyclic) bond motifs is 2. The zero-order valence-corrected chi connectivity index (χ0v) is 14.9. The van der Waals surface area contributed by atoms with Gasteiger partial charge in [-0.15, -0.1) is 0 Å². The first-order valence-corrected chi connectivity index (χ1v) is 9.08. The number of anilines is 1. The quantitative estimate of drug-likeness (QED) is 0.554. The van der Waals surface area contributed by atoms with Gasteiger partial charge in [-0.05, 0) is 41.3 Å². The Morgan fingerprint density at radius 2 is 1.93 bits per heavy atom. The summed E-state index contributed by atoms with van der Waals surface area (Å²) in [6.07, 6.45) is 3.59. The van der Waals surface area contributed by atoms with E-state index in [1.807, 2.05) is 42.5 Å². The minimum Gasteiger partial charge on any atom is -0.507 e. The Kier molecular flexibility index (Phi) is 4.75. The minimum atomic E-state index is -0.178. The number of nitrogens with one attached hydrogen (secondary N) is 1. The summed E-state index contributed by atoms with van der Waals surface area (Å²) in [5.74, 6) is -0.0423. The zero-order chi connectivity index (χ0) is 18.6. The summed E-state index contributed by atoms with van der Waals surface area (Å²) in [5.41, 5.74) is 5.57. The molecule has 0 saturated carbocycles. The van der Waals surface area contributed by atoms with Gasteiger partial charge in [-0.25, -0.2) is 5.43 Å². The number of nitrogens with zero attached hydrogens (tertiary/aromatic N) is 2. The molecular formula is C22H21N3O2. The van der Waals surface area contributed by atoms with Crippen LogP contribution in [0.3, 0.4) is 0 Å². The van der Waals surface area contributed by atoms with Crippen molar-refractivity contribution < 1.29 is 9.90 Å². The number of phenolic OH excluding ortho intramolecular Hbond substituents is 1. The van der Waals surface area contributed by atoms with Crippen molar-refractivity contribution in [1.29, 1.82) is 0 Å². The fraction of sp³-hybridized carbons (Fsp3) is 0.182. The maximum Gasteiger partial charge on any atom is 0.259 e. The molecule has 5 heteroatoms. The molecule has 1 aliphatic heterocycles. The molecule has 1 amide bonds. The molecule has 0 aliphatic carbocycles. The zero-order valence-electron chi connectivity index (χ0n) is 14.9. The van der Waals surface area contributed by atoms with E-state index in [0.29, 0.717) is 5.56 Å². The van der Waals surface area contributed by atoms with Crippen LogP contribution in [0.4, 0.5) is 5.69 Å². The number of aryl methyl sites for hydroxylation is 1. The van der Waals surface area contributed by atoms with Gasteiger partial charge in [0, 0.05) is 17.8 Å². The number of carbonyl (C=O) groups is 1. The molecule has 1 aliphatic rings. The van der Waals surface area contributed by atoms with Gasteiger partial charge in [0.1, 0.15) is 5.75 Å². The fourth-order valence-electron chi connectivity index (χ4n) is 3.57. The van der Waals surface area contributed by atoms with Gasteiger partial charge in [-0.2, -0.15) is 5.10 Å². The van der Waals surface area contributed by atoms with Crippen molar-refractivity contribution >= 4 is 28.6 Å². The SMILES string of the molecule is O=C(CN1CCCc2ccccc21)N/N=C\c1c(O)ccc2ccccc12. The summed E-state index contributed by atoms with van der Waals surface area (Å²) >= 11 is 0. The first kappa shape index (κ1) is 17.1. The molecule has 0 atom stereocenters. The Balaban J connectivity index is 1.46. The number of carbonyl (C=O) groups excluding carboxylic acids is 1. The molecule has 27 heavy (non-hydrogen) atoms. The summed E-state index contributed by atoms with van der Waals surface area (Å²) in [6, 6.07) is 19.4. The van der Waals surface area contributed by atoms with E-state index in [1.165, 1.54) is 11.8 Å². The van der Waals surface area contributed by atoms with E-state index in [1.54, 1.807) is 6.07 Å². The Morgan fingerprint density at radius 3 is 2.85 bits per heavy atom. The molecule has 5 nitrogen and oxygen atoms in total. The van der Waals surface area contributed by atoms with E-state index in [0.717, 1.165) is 35.8 Å². The van der Waals surface area contributed by atoms with Crippen molar-refractivity contribution in [2.45, 2.75) is 12.8 Å². The highest BCUT2D eigenvalue weighted by Crippen LogP contribution is 2.26. The van der Waals surface area contributed by atoms with Crippen LogP contribution in [0, 0.1) is 0 Å². The van der Waals surface area contributed by atoms with Gasteiger partial charge in [0.2, 0.25) is 0 Å². The molecule has 0 bridgehead atoms. The predicted octanol–water partition coefficient (Wildman–Crippen LogP) is 3.45. The Hall–Kier alpha value is -3.34. The van der Waals surface area contributed by atoms with Crippen molar-refractivity contribution in [2.24, 2.45) is 5.10 Å². The number of para-hydroxylation sites is 1. The van der Waals surface area contributed by atoms with Crippen LogP contribution in [0.25, 0.3) is 10.8 Å². The van der Waals surface area contributed by atoms with Gasteiger partial charge in [0.05, 0.1) is 12.8 Å². The van der Waals surface area contributed by atoms with Crippen LogP contribution in [0.5, 0.6) is 5.75 Å². The van der Waals surface area contributed by atoms with Crippen LogP contribution in [0.1, 0.15) is 17.5 Å². The summed E-state index contributed by atoms with van der Waals surface area (Å²) in [5, 5.41) is 16.1. The normalized spacial score (nSPS) is 13.7. The molecule has 3 aromatic rings. The molecule has 2 N–H and O–H groups in total. The van der Waals surface area contributed by atoms with Gasteiger partial charge < -0.3 is 10.0 Å². The number of rotatable bonds is 4.